The van der Waals surface area contributed by atoms with Crippen LogP contribution >= 0.6 is 0 Å². The largest absolute Gasteiger partial charge is 0.586 e. The molecule has 2 aromatic carbocycles. The summed E-state index contributed by atoms with van der Waals surface area (Å²) in [5, 5.41) is 10.1. The number of hydrogen-bond acceptors (Lipinski definition) is 4. The number of carbonyl (C=O) groups is 1. The summed E-state index contributed by atoms with van der Waals surface area (Å²) in [6, 6.07) is 9.22. The molecule has 1 aromatic heterocycles. The average molecular weight is 317 g/mol. The predicted molar refractivity (Wildman–Crippen MR) is 76.7 cm³/mol. The number of anilines is 1. The van der Waals surface area contributed by atoms with E-state index in [0.717, 1.165) is 5.39 Å². The molecule has 2 heterocycles. The molecule has 116 valence electrons. The van der Waals surface area contributed by atoms with Crippen LogP contribution in [0.5, 0.6) is 11.5 Å². The molecule has 23 heavy (non-hydrogen) atoms. The first kappa shape index (κ1) is 13.5. The number of ether oxygens (including phenoxy) is 2. The lowest BCUT2D eigenvalue weighted by atomic mass is 10.1. The maximum absolute atomic E-state index is 13.0. The number of aromatic nitrogens is 2. The molecule has 3 aromatic rings. The highest BCUT2D eigenvalue weighted by atomic mass is 19.3. The molecule has 0 aliphatic carbocycles. The quantitative estimate of drug-likeness (QED) is 0.761. The second-order valence-electron chi connectivity index (χ2n) is 4.92. The second-order valence-corrected chi connectivity index (χ2v) is 4.92. The summed E-state index contributed by atoms with van der Waals surface area (Å²) in [5.74, 6) is -0.610. The molecule has 4 rings (SSSR count). The molecular weight excluding hydrogens is 308 g/mol. The highest BCUT2D eigenvalue weighted by Gasteiger charge is 2.43. The van der Waals surface area contributed by atoms with Gasteiger partial charge in [0.2, 0.25) is 0 Å². The van der Waals surface area contributed by atoms with E-state index in [9.17, 15) is 13.6 Å². The van der Waals surface area contributed by atoms with E-state index < -0.39 is 12.2 Å². The Bertz CT molecular complexity index is 923. The summed E-state index contributed by atoms with van der Waals surface area (Å²) in [4.78, 5) is 12.4. The summed E-state index contributed by atoms with van der Waals surface area (Å²) in [7, 11) is 0. The number of H-pyrrole nitrogens is 1. The van der Waals surface area contributed by atoms with Crippen LogP contribution in [0.15, 0.2) is 42.6 Å². The van der Waals surface area contributed by atoms with Crippen molar-refractivity contribution in [2.75, 3.05) is 5.32 Å². The van der Waals surface area contributed by atoms with E-state index in [2.05, 4.69) is 25.0 Å². The number of aromatic amines is 1. The van der Waals surface area contributed by atoms with Crippen molar-refractivity contribution in [3.05, 3.63) is 48.2 Å². The van der Waals surface area contributed by atoms with Gasteiger partial charge in [0, 0.05) is 17.1 Å². The van der Waals surface area contributed by atoms with Gasteiger partial charge in [0.25, 0.3) is 5.91 Å². The maximum Gasteiger partial charge on any atom is 0.586 e. The number of nitrogens with zero attached hydrogens (tertiary/aromatic N) is 1. The predicted octanol–water partition coefficient (Wildman–Crippen LogP) is 3.14. The first-order valence-electron chi connectivity index (χ1n) is 6.65. The Morgan fingerprint density at radius 1 is 1.17 bits per heavy atom. The number of nitrogens with one attached hydrogen (secondary N) is 2. The van der Waals surface area contributed by atoms with Crippen molar-refractivity contribution in [1.29, 1.82) is 0 Å². The van der Waals surface area contributed by atoms with Crippen LogP contribution in [-0.2, 0) is 0 Å². The molecule has 0 unspecified atom stereocenters. The van der Waals surface area contributed by atoms with Crippen LogP contribution in [0.25, 0.3) is 10.9 Å². The highest BCUT2D eigenvalue weighted by molar-refractivity contribution is 6.11. The van der Waals surface area contributed by atoms with Crippen molar-refractivity contribution >= 4 is 22.5 Å². The van der Waals surface area contributed by atoms with Gasteiger partial charge in [0.15, 0.2) is 11.5 Å². The van der Waals surface area contributed by atoms with Crippen LogP contribution in [-0.4, -0.2) is 22.4 Å². The average Bonchev–Trinajstić information content (AvgIpc) is 3.08. The third-order valence-corrected chi connectivity index (χ3v) is 3.38. The number of amides is 1. The number of halogens is 2. The topological polar surface area (TPSA) is 76.2 Å². The van der Waals surface area contributed by atoms with Crippen molar-refractivity contribution in [2.24, 2.45) is 0 Å². The lowest BCUT2D eigenvalue weighted by molar-refractivity contribution is -0.286. The summed E-state index contributed by atoms with van der Waals surface area (Å²) in [5.41, 5.74) is 1.30. The highest BCUT2D eigenvalue weighted by Crippen LogP contribution is 2.42. The second kappa shape index (κ2) is 4.67. The smallest absolute Gasteiger partial charge is 0.395 e. The van der Waals surface area contributed by atoms with Crippen molar-refractivity contribution in [2.45, 2.75) is 6.29 Å². The number of hydrogen-bond donors (Lipinski definition) is 2. The van der Waals surface area contributed by atoms with Gasteiger partial charge in [-0.25, -0.2) is 0 Å². The third kappa shape index (κ3) is 2.33. The Hall–Kier alpha value is -3.16. The van der Waals surface area contributed by atoms with Gasteiger partial charge in [-0.15, -0.1) is 8.78 Å². The fourth-order valence-electron chi connectivity index (χ4n) is 2.38. The Kier molecular flexibility index (Phi) is 2.74. The molecule has 0 saturated heterocycles. The Labute approximate surface area is 128 Å². The molecule has 0 atom stereocenters. The first-order valence-corrected chi connectivity index (χ1v) is 6.65. The van der Waals surface area contributed by atoms with E-state index in [0.29, 0.717) is 16.8 Å². The lowest BCUT2D eigenvalue weighted by Gasteiger charge is -2.07. The monoisotopic (exact) mass is 317 g/mol. The van der Waals surface area contributed by atoms with Crippen molar-refractivity contribution in [3.8, 4) is 11.5 Å². The molecule has 0 radical (unpaired) electrons. The Balaban J connectivity index is 1.62. The number of carbonyl (C=O) groups excluding carboxylic acids is 1. The van der Waals surface area contributed by atoms with Gasteiger partial charge >= 0.3 is 6.29 Å². The molecule has 8 heteroatoms. The van der Waals surface area contributed by atoms with Crippen molar-refractivity contribution < 1.29 is 23.0 Å². The minimum absolute atomic E-state index is 0.0799. The van der Waals surface area contributed by atoms with Crippen LogP contribution in [0.1, 0.15) is 10.4 Å². The van der Waals surface area contributed by atoms with E-state index in [-0.39, 0.29) is 11.5 Å². The van der Waals surface area contributed by atoms with Gasteiger partial charge < -0.3 is 14.8 Å². The minimum atomic E-state index is -3.69. The lowest BCUT2D eigenvalue weighted by Crippen LogP contribution is -2.25. The van der Waals surface area contributed by atoms with E-state index in [1.807, 2.05) is 6.07 Å². The SMILES string of the molecule is O=C(Nc1ccc2c(c1)OC(F)(F)O2)c1cccc2cn[nH]c12. The van der Waals surface area contributed by atoms with E-state index in [1.54, 1.807) is 18.3 Å². The summed E-state index contributed by atoms with van der Waals surface area (Å²) < 4.78 is 34.6. The van der Waals surface area contributed by atoms with Crippen molar-refractivity contribution in [1.82, 2.24) is 10.2 Å². The first-order chi connectivity index (χ1) is 11.0. The van der Waals surface area contributed by atoms with Gasteiger partial charge in [-0.2, -0.15) is 5.10 Å². The van der Waals surface area contributed by atoms with Gasteiger partial charge in [-0.1, -0.05) is 12.1 Å². The van der Waals surface area contributed by atoms with Crippen LogP contribution in [0.2, 0.25) is 0 Å². The van der Waals surface area contributed by atoms with Gasteiger partial charge in [0.1, 0.15) is 0 Å². The molecule has 0 bridgehead atoms. The van der Waals surface area contributed by atoms with Gasteiger partial charge in [-0.05, 0) is 18.2 Å². The molecular formula is C15H9F2N3O3. The number of para-hydroxylation sites is 1. The third-order valence-electron chi connectivity index (χ3n) is 3.38. The summed E-state index contributed by atoms with van der Waals surface area (Å²) in [6.45, 7) is 0. The number of fused-ring (bicyclic) bond motifs is 2. The van der Waals surface area contributed by atoms with E-state index >= 15 is 0 Å². The zero-order chi connectivity index (χ0) is 16.0. The maximum atomic E-state index is 13.0. The van der Waals surface area contributed by atoms with Gasteiger partial charge in [0.05, 0.1) is 17.3 Å². The minimum Gasteiger partial charge on any atom is -0.395 e. The summed E-state index contributed by atoms with van der Waals surface area (Å²) >= 11 is 0. The molecule has 2 N–H and O–H groups in total. The van der Waals surface area contributed by atoms with E-state index in [1.165, 1.54) is 18.2 Å². The molecule has 0 fully saturated rings. The standard InChI is InChI=1S/C15H9F2N3O3/c16-15(17)22-11-5-4-9(6-12(11)23-15)19-14(21)10-3-1-2-8-7-18-20-13(8)10/h1-7H,(H,18,20)(H,19,21). The molecule has 0 saturated carbocycles. The van der Waals surface area contributed by atoms with Crippen molar-refractivity contribution in [3.63, 3.8) is 0 Å². The number of alkyl halides is 2. The molecule has 1 amide bonds. The zero-order valence-corrected chi connectivity index (χ0v) is 11.5. The molecule has 1 aliphatic heterocycles. The normalized spacial score (nSPS) is 14.9. The number of rotatable bonds is 2. The van der Waals surface area contributed by atoms with E-state index in [4.69, 9.17) is 0 Å². The Morgan fingerprint density at radius 2 is 2.00 bits per heavy atom. The molecule has 6 nitrogen and oxygen atoms in total. The van der Waals surface area contributed by atoms with Crippen LogP contribution in [0.4, 0.5) is 14.5 Å². The van der Waals surface area contributed by atoms with Crippen LogP contribution < -0.4 is 14.8 Å². The van der Waals surface area contributed by atoms with Crippen LogP contribution in [0, 0.1) is 0 Å². The fraction of sp³-hybridized carbons (Fsp3) is 0.0667. The fourth-order valence-corrected chi connectivity index (χ4v) is 2.38. The van der Waals surface area contributed by atoms with Crippen LogP contribution in [0.3, 0.4) is 0 Å². The van der Waals surface area contributed by atoms with Gasteiger partial charge in [-0.3, -0.25) is 9.89 Å². The molecule has 1 aliphatic rings. The summed E-state index contributed by atoms with van der Waals surface area (Å²) in [6.07, 6.45) is -2.08. The molecule has 0 spiro atoms. The number of benzene rings is 2. The Morgan fingerprint density at radius 3 is 2.87 bits per heavy atom. The zero-order valence-electron chi connectivity index (χ0n) is 11.5.